The Balaban J connectivity index is 1.40. The van der Waals surface area contributed by atoms with E-state index in [1.54, 1.807) is 0 Å². The van der Waals surface area contributed by atoms with Crippen molar-refractivity contribution >= 4 is 6.03 Å². The summed E-state index contributed by atoms with van der Waals surface area (Å²) in [4.78, 5) is 18.9. The molecule has 6 nitrogen and oxygen atoms in total. The predicted octanol–water partition coefficient (Wildman–Crippen LogP) is 2.77. The molecule has 1 aromatic heterocycles. The number of nitrogens with zero attached hydrogens (tertiary/aromatic N) is 3. The number of piperidine rings is 1. The Hall–Kier alpha value is -2.37. The summed E-state index contributed by atoms with van der Waals surface area (Å²) in [5.41, 5.74) is 1.01. The average molecular weight is 325 g/mol. The number of H-pyrrole nitrogens is 1. The number of aromatic amines is 1. The van der Waals surface area contributed by atoms with Crippen LogP contribution in [0.25, 0.3) is 11.4 Å². The molecule has 1 atom stereocenters. The van der Waals surface area contributed by atoms with Gasteiger partial charge in [-0.15, -0.1) is 0 Å². The topological polar surface area (TPSA) is 73.9 Å². The van der Waals surface area contributed by atoms with Crippen LogP contribution in [0, 0.1) is 5.92 Å². The maximum absolute atomic E-state index is 12.3. The fraction of sp³-hybridized carbons (Fsp3) is 0.500. The lowest BCUT2D eigenvalue weighted by molar-refractivity contribution is 0.178. The lowest BCUT2D eigenvalue weighted by Crippen LogP contribution is -2.45. The first kappa shape index (κ1) is 15.2. The van der Waals surface area contributed by atoms with Crippen molar-refractivity contribution in [1.82, 2.24) is 25.4 Å². The molecule has 126 valence electrons. The lowest BCUT2D eigenvalue weighted by Gasteiger charge is -2.31. The number of carbonyl (C=O) groups is 1. The predicted molar refractivity (Wildman–Crippen MR) is 91.5 cm³/mol. The van der Waals surface area contributed by atoms with Crippen LogP contribution in [0.3, 0.4) is 0 Å². The van der Waals surface area contributed by atoms with Gasteiger partial charge in [0.05, 0.1) is 0 Å². The van der Waals surface area contributed by atoms with E-state index in [0.29, 0.717) is 12.5 Å². The number of amides is 2. The number of aromatic nitrogens is 3. The molecule has 0 spiro atoms. The van der Waals surface area contributed by atoms with Gasteiger partial charge in [-0.1, -0.05) is 30.3 Å². The molecule has 2 amide bonds. The van der Waals surface area contributed by atoms with Crippen LogP contribution < -0.4 is 5.32 Å². The lowest BCUT2D eigenvalue weighted by atomic mass is 9.97. The van der Waals surface area contributed by atoms with E-state index in [1.807, 2.05) is 35.2 Å². The second kappa shape index (κ2) is 6.63. The fourth-order valence-corrected chi connectivity index (χ4v) is 3.22. The molecule has 1 aromatic carbocycles. The summed E-state index contributed by atoms with van der Waals surface area (Å²) in [6.45, 7) is 2.35. The van der Waals surface area contributed by atoms with E-state index in [4.69, 9.17) is 0 Å². The number of hydrogen-bond acceptors (Lipinski definition) is 3. The molecule has 24 heavy (non-hydrogen) atoms. The van der Waals surface area contributed by atoms with E-state index < -0.39 is 0 Å². The fourth-order valence-electron chi connectivity index (χ4n) is 3.22. The smallest absolute Gasteiger partial charge is 0.317 e. The monoisotopic (exact) mass is 325 g/mol. The minimum Gasteiger partial charge on any atom is -0.338 e. The van der Waals surface area contributed by atoms with E-state index in [2.05, 4.69) is 20.5 Å². The standard InChI is InChI=1S/C18H23N5O/c24-18(19-11-13-8-9-13)23-10-4-7-15(12-23)17-20-16(21-22-17)14-5-2-1-3-6-14/h1-3,5-6,13,15H,4,7-12H2,(H,19,24)(H,20,21,22). The van der Waals surface area contributed by atoms with Gasteiger partial charge in [-0.3, -0.25) is 5.10 Å². The summed E-state index contributed by atoms with van der Waals surface area (Å²) in [6, 6.07) is 10.0. The van der Waals surface area contributed by atoms with Gasteiger partial charge in [0.2, 0.25) is 0 Å². The SMILES string of the molecule is O=C(NCC1CC1)N1CCCC(c2nc(-c3ccccc3)n[nH]2)C1. The highest BCUT2D eigenvalue weighted by molar-refractivity contribution is 5.74. The van der Waals surface area contributed by atoms with Gasteiger partial charge in [0.1, 0.15) is 5.82 Å². The van der Waals surface area contributed by atoms with Crippen LogP contribution in [-0.2, 0) is 0 Å². The Bertz CT molecular complexity index is 694. The van der Waals surface area contributed by atoms with Gasteiger partial charge >= 0.3 is 6.03 Å². The maximum Gasteiger partial charge on any atom is 0.317 e. The largest absolute Gasteiger partial charge is 0.338 e. The van der Waals surface area contributed by atoms with Gasteiger partial charge in [-0.25, -0.2) is 9.78 Å². The van der Waals surface area contributed by atoms with Crippen molar-refractivity contribution in [2.24, 2.45) is 5.92 Å². The zero-order chi connectivity index (χ0) is 16.4. The maximum atomic E-state index is 12.3. The van der Waals surface area contributed by atoms with Crippen molar-refractivity contribution in [2.75, 3.05) is 19.6 Å². The number of rotatable bonds is 4. The van der Waals surface area contributed by atoms with Crippen LogP contribution >= 0.6 is 0 Å². The number of urea groups is 1. The summed E-state index contributed by atoms with van der Waals surface area (Å²) in [6.07, 6.45) is 4.55. The number of carbonyl (C=O) groups excluding carboxylic acids is 1. The van der Waals surface area contributed by atoms with Gasteiger partial charge < -0.3 is 10.2 Å². The van der Waals surface area contributed by atoms with E-state index in [-0.39, 0.29) is 11.9 Å². The highest BCUT2D eigenvalue weighted by atomic mass is 16.2. The van der Waals surface area contributed by atoms with E-state index >= 15 is 0 Å². The first-order chi connectivity index (χ1) is 11.8. The number of likely N-dealkylation sites (tertiary alicyclic amines) is 1. The molecular weight excluding hydrogens is 302 g/mol. The molecule has 1 aliphatic carbocycles. The summed E-state index contributed by atoms with van der Waals surface area (Å²) < 4.78 is 0. The molecule has 0 bridgehead atoms. The van der Waals surface area contributed by atoms with Gasteiger partial charge in [-0.2, -0.15) is 5.10 Å². The molecule has 4 rings (SSSR count). The molecule has 2 N–H and O–H groups in total. The molecule has 2 aromatic rings. The van der Waals surface area contributed by atoms with Crippen LogP contribution in [0.1, 0.15) is 37.4 Å². The van der Waals surface area contributed by atoms with Crippen molar-refractivity contribution in [1.29, 1.82) is 0 Å². The Morgan fingerprint density at radius 3 is 2.88 bits per heavy atom. The Morgan fingerprint density at radius 1 is 1.25 bits per heavy atom. The summed E-state index contributed by atoms with van der Waals surface area (Å²) in [5.74, 6) is 2.54. The Labute approximate surface area is 141 Å². The Kier molecular flexibility index (Phi) is 4.19. The molecular formula is C18H23N5O. The third-order valence-corrected chi connectivity index (χ3v) is 4.87. The quantitative estimate of drug-likeness (QED) is 0.908. The third-order valence-electron chi connectivity index (χ3n) is 4.87. The average Bonchev–Trinajstić information content (AvgIpc) is 3.34. The van der Waals surface area contributed by atoms with Crippen LogP contribution in [-0.4, -0.2) is 45.7 Å². The molecule has 1 saturated carbocycles. The number of benzene rings is 1. The zero-order valence-corrected chi connectivity index (χ0v) is 13.7. The van der Waals surface area contributed by atoms with Crippen LogP contribution in [0.5, 0.6) is 0 Å². The molecule has 1 aliphatic heterocycles. The van der Waals surface area contributed by atoms with Crippen molar-refractivity contribution in [3.63, 3.8) is 0 Å². The minimum absolute atomic E-state index is 0.0643. The molecule has 1 saturated heterocycles. The normalized spacial score (nSPS) is 20.8. The Morgan fingerprint density at radius 2 is 2.08 bits per heavy atom. The first-order valence-corrected chi connectivity index (χ1v) is 8.80. The van der Waals surface area contributed by atoms with Crippen molar-refractivity contribution in [3.05, 3.63) is 36.2 Å². The van der Waals surface area contributed by atoms with E-state index in [1.165, 1.54) is 12.8 Å². The first-order valence-electron chi connectivity index (χ1n) is 8.80. The minimum atomic E-state index is 0.0643. The van der Waals surface area contributed by atoms with Gasteiger partial charge in [0.15, 0.2) is 5.82 Å². The number of nitrogens with one attached hydrogen (secondary N) is 2. The summed E-state index contributed by atoms with van der Waals surface area (Å²) >= 11 is 0. The highest BCUT2D eigenvalue weighted by Crippen LogP contribution is 2.28. The third kappa shape index (κ3) is 3.42. The van der Waals surface area contributed by atoms with Crippen molar-refractivity contribution in [2.45, 2.75) is 31.6 Å². The van der Waals surface area contributed by atoms with E-state index in [9.17, 15) is 4.79 Å². The second-order valence-corrected chi connectivity index (χ2v) is 6.82. The zero-order valence-electron chi connectivity index (χ0n) is 13.7. The molecule has 1 unspecified atom stereocenters. The molecule has 2 heterocycles. The summed E-state index contributed by atoms with van der Waals surface area (Å²) in [7, 11) is 0. The molecule has 0 radical (unpaired) electrons. The van der Waals surface area contributed by atoms with Crippen LogP contribution in [0.2, 0.25) is 0 Å². The molecule has 2 fully saturated rings. The molecule has 2 aliphatic rings. The second-order valence-electron chi connectivity index (χ2n) is 6.82. The van der Waals surface area contributed by atoms with Gasteiger partial charge in [0, 0.05) is 31.1 Å². The highest BCUT2D eigenvalue weighted by Gasteiger charge is 2.28. The van der Waals surface area contributed by atoms with E-state index in [0.717, 1.165) is 43.1 Å². The molecule has 6 heteroatoms. The van der Waals surface area contributed by atoms with Gasteiger partial charge in [0.25, 0.3) is 0 Å². The van der Waals surface area contributed by atoms with Crippen LogP contribution in [0.15, 0.2) is 30.3 Å². The van der Waals surface area contributed by atoms with Crippen molar-refractivity contribution < 1.29 is 4.79 Å². The number of hydrogen-bond donors (Lipinski definition) is 2. The summed E-state index contributed by atoms with van der Waals surface area (Å²) in [5, 5.41) is 10.5. The van der Waals surface area contributed by atoms with Gasteiger partial charge in [-0.05, 0) is 31.6 Å². The van der Waals surface area contributed by atoms with Crippen molar-refractivity contribution in [3.8, 4) is 11.4 Å². The van der Waals surface area contributed by atoms with Crippen LogP contribution in [0.4, 0.5) is 4.79 Å².